The van der Waals surface area contributed by atoms with Crippen LogP contribution < -0.4 is 5.32 Å². The minimum atomic E-state index is -0.0721. The van der Waals surface area contributed by atoms with Gasteiger partial charge in [0, 0.05) is 25.4 Å². The van der Waals surface area contributed by atoms with Crippen molar-refractivity contribution in [1.82, 2.24) is 10.2 Å². The first kappa shape index (κ1) is 20.8. The topological polar surface area (TPSA) is 53.9 Å². The molecule has 0 saturated carbocycles. The van der Waals surface area contributed by atoms with Gasteiger partial charge in [-0.2, -0.15) is 11.8 Å². The zero-order valence-corrected chi connectivity index (χ0v) is 16.4. The molecule has 0 amide bonds. The first-order valence-electron chi connectivity index (χ1n) is 7.41. The summed E-state index contributed by atoms with van der Waals surface area (Å²) in [6.07, 6.45) is 4.01. The molecule has 1 saturated heterocycles. The molecule has 124 valence electrons. The third-order valence-corrected chi connectivity index (χ3v) is 3.82. The molecule has 0 aromatic carbocycles. The van der Waals surface area contributed by atoms with Gasteiger partial charge < -0.3 is 15.0 Å². The van der Waals surface area contributed by atoms with Crippen LogP contribution in [0.2, 0.25) is 0 Å². The maximum absolute atomic E-state index is 11.9. The van der Waals surface area contributed by atoms with Gasteiger partial charge in [0.15, 0.2) is 5.96 Å². The Morgan fingerprint density at radius 3 is 2.86 bits per heavy atom. The Labute approximate surface area is 149 Å². The van der Waals surface area contributed by atoms with Gasteiger partial charge in [-0.1, -0.05) is 0 Å². The summed E-state index contributed by atoms with van der Waals surface area (Å²) in [6, 6.07) is 0. The van der Waals surface area contributed by atoms with Crippen molar-refractivity contribution in [2.24, 2.45) is 10.9 Å². The number of carbonyl (C=O) groups is 1. The molecule has 1 fully saturated rings. The smallest absolute Gasteiger partial charge is 0.310 e. The van der Waals surface area contributed by atoms with Crippen molar-refractivity contribution in [2.75, 3.05) is 44.8 Å². The van der Waals surface area contributed by atoms with Crippen LogP contribution in [-0.4, -0.2) is 61.6 Å². The van der Waals surface area contributed by atoms with E-state index in [-0.39, 0.29) is 35.9 Å². The van der Waals surface area contributed by atoms with Crippen LogP contribution in [0.3, 0.4) is 0 Å². The van der Waals surface area contributed by atoms with Crippen LogP contribution in [0.4, 0.5) is 0 Å². The molecule has 0 radical (unpaired) electrons. The molecule has 0 bridgehead atoms. The van der Waals surface area contributed by atoms with Crippen molar-refractivity contribution in [3.8, 4) is 0 Å². The number of piperidine rings is 1. The van der Waals surface area contributed by atoms with E-state index in [2.05, 4.69) is 28.4 Å². The second kappa shape index (κ2) is 12.4. The highest BCUT2D eigenvalue weighted by molar-refractivity contribution is 14.0. The molecular formula is C14H28IN3O2S. The van der Waals surface area contributed by atoms with Gasteiger partial charge in [0.2, 0.25) is 0 Å². The molecule has 1 aliphatic heterocycles. The van der Waals surface area contributed by atoms with Crippen molar-refractivity contribution >= 4 is 47.7 Å². The molecule has 0 aromatic rings. The maximum atomic E-state index is 11.9. The van der Waals surface area contributed by atoms with Gasteiger partial charge in [-0.05, 0) is 32.9 Å². The van der Waals surface area contributed by atoms with Crippen molar-refractivity contribution in [3.63, 3.8) is 0 Å². The average Bonchev–Trinajstić information content (AvgIpc) is 2.47. The third-order valence-electron chi connectivity index (χ3n) is 3.23. The standard InChI is InChI=1S/C14H27N3O2S.HI/c1-4-15-14(16-8-10-20-3)17-9-6-7-12(11-17)13(18)19-5-2;/h12H,4-11H2,1-3H3,(H,15,16);1H. The number of nitrogens with one attached hydrogen (secondary N) is 1. The van der Waals surface area contributed by atoms with Crippen molar-refractivity contribution in [1.29, 1.82) is 0 Å². The summed E-state index contributed by atoms with van der Waals surface area (Å²) in [5, 5.41) is 3.32. The van der Waals surface area contributed by atoms with Crippen molar-refractivity contribution in [3.05, 3.63) is 0 Å². The Balaban J connectivity index is 0.00000400. The highest BCUT2D eigenvalue weighted by Gasteiger charge is 2.28. The minimum Gasteiger partial charge on any atom is -0.466 e. The van der Waals surface area contributed by atoms with Crippen LogP contribution in [0.5, 0.6) is 0 Å². The predicted molar refractivity (Wildman–Crippen MR) is 101 cm³/mol. The van der Waals surface area contributed by atoms with Crippen LogP contribution in [-0.2, 0) is 9.53 Å². The first-order valence-corrected chi connectivity index (χ1v) is 8.81. The molecular weight excluding hydrogens is 401 g/mol. The summed E-state index contributed by atoms with van der Waals surface area (Å²) < 4.78 is 5.14. The fourth-order valence-corrected chi connectivity index (χ4v) is 2.56. The number of hydrogen-bond acceptors (Lipinski definition) is 4. The van der Waals surface area contributed by atoms with Gasteiger partial charge in [0.1, 0.15) is 0 Å². The molecule has 1 unspecified atom stereocenters. The number of halogens is 1. The van der Waals surface area contributed by atoms with Crippen LogP contribution in [0.25, 0.3) is 0 Å². The second-order valence-electron chi connectivity index (χ2n) is 4.77. The van der Waals surface area contributed by atoms with Crippen LogP contribution >= 0.6 is 35.7 Å². The summed E-state index contributed by atoms with van der Waals surface area (Å²) in [6.45, 7) is 7.70. The van der Waals surface area contributed by atoms with E-state index in [0.717, 1.165) is 44.2 Å². The van der Waals surface area contributed by atoms with E-state index in [4.69, 9.17) is 4.74 Å². The number of ether oxygens (including phenoxy) is 1. The summed E-state index contributed by atoms with van der Waals surface area (Å²) in [4.78, 5) is 18.7. The van der Waals surface area contributed by atoms with E-state index in [0.29, 0.717) is 13.2 Å². The zero-order chi connectivity index (χ0) is 14.8. The number of carbonyl (C=O) groups excluding carboxylic acids is 1. The molecule has 5 nitrogen and oxygen atoms in total. The number of thioether (sulfide) groups is 1. The van der Waals surface area contributed by atoms with Gasteiger partial charge in [0.25, 0.3) is 0 Å². The summed E-state index contributed by atoms with van der Waals surface area (Å²) >= 11 is 1.79. The largest absolute Gasteiger partial charge is 0.466 e. The van der Waals surface area contributed by atoms with E-state index in [1.165, 1.54) is 0 Å². The van der Waals surface area contributed by atoms with Gasteiger partial charge in [-0.25, -0.2) is 0 Å². The Hall–Kier alpha value is -0.180. The molecule has 0 aromatic heterocycles. The third kappa shape index (κ3) is 7.58. The molecule has 1 heterocycles. The highest BCUT2D eigenvalue weighted by atomic mass is 127. The maximum Gasteiger partial charge on any atom is 0.310 e. The molecule has 1 N–H and O–H groups in total. The van der Waals surface area contributed by atoms with Crippen LogP contribution in [0.1, 0.15) is 26.7 Å². The number of nitrogens with zero attached hydrogens (tertiary/aromatic N) is 2. The lowest BCUT2D eigenvalue weighted by atomic mass is 9.98. The molecule has 1 aliphatic rings. The molecule has 7 heteroatoms. The normalized spacial score (nSPS) is 18.9. The molecule has 1 rings (SSSR count). The first-order chi connectivity index (χ1) is 9.72. The lowest BCUT2D eigenvalue weighted by molar-refractivity contribution is -0.149. The van der Waals surface area contributed by atoms with Crippen molar-refractivity contribution in [2.45, 2.75) is 26.7 Å². The Morgan fingerprint density at radius 1 is 1.48 bits per heavy atom. The highest BCUT2D eigenvalue weighted by Crippen LogP contribution is 2.18. The lowest BCUT2D eigenvalue weighted by Gasteiger charge is -2.34. The van der Waals surface area contributed by atoms with E-state index >= 15 is 0 Å². The van der Waals surface area contributed by atoms with Gasteiger partial charge in [-0.15, -0.1) is 24.0 Å². The van der Waals surface area contributed by atoms with E-state index < -0.39 is 0 Å². The number of esters is 1. The van der Waals surface area contributed by atoms with Crippen LogP contribution in [0, 0.1) is 5.92 Å². The lowest BCUT2D eigenvalue weighted by Crippen LogP contribution is -2.48. The Bertz CT molecular complexity index is 329. The van der Waals surface area contributed by atoms with E-state index in [1.807, 2.05) is 6.92 Å². The number of guanidine groups is 1. The molecule has 1 atom stereocenters. The molecule has 0 aliphatic carbocycles. The number of likely N-dealkylation sites (tertiary alicyclic amines) is 1. The van der Waals surface area contributed by atoms with Crippen molar-refractivity contribution < 1.29 is 9.53 Å². The summed E-state index contributed by atoms with van der Waals surface area (Å²) in [5.74, 6) is 1.85. The monoisotopic (exact) mass is 429 g/mol. The number of rotatable bonds is 6. The van der Waals surface area contributed by atoms with Gasteiger partial charge in [0.05, 0.1) is 19.1 Å². The van der Waals surface area contributed by atoms with E-state index in [1.54, 1.807) is 11.8 Å². The Kier molecular flexibility index (Phi) is 12.3. The fraction of sp³-hybridized carbons (Fsp3) is 0.857. The fourth-order valence-electron chi connectivity index (χ4n) is 2.29. The van der Waals surface area contributed by atoms with E-state index in [9.17, 15) is 4.79 Å². The predicted octanol–water partition coefficient (Wildman–Crippen LogP) is 2.21. The second-order valence-corrected chi connectivity index (χ2v) is 5.75. The van der Waals surface area contributed by atoms with Gasteiger partial charge >= 0.3 is 5.97 Å². The SMILES string of the molecule is CCNC(=NCCSC)N1CCCC(C(=O)OCC)C1.I. The summed E-state index contributed by atoms with van der Waals surface area (Å²) in [7, 11) is 0. The number of aliphatic imine (C=N–C) groups is 1. The zero-order valence-electron chi connectivity index (χ0n) is 13.3. The summed E-state index contributed by atoms with van der Waals surface area (Å²) in [5.41, 5.74) is 0. The Morgan fingerprint density at radius 2 is 2.24 bits per heavy atom. The quantitative estimate of drug-likeness (QED) is 0.231. The van der Waals surface area contributed by atoms with Gasteiger partial charge in [-0.3, -0.25) is 9.79 Å². The van der Waals surface area contributed by atoms with Crippen LogP contribution in [0.15, 0.2) is 4.99 Å². The number of hydrogen-bond donors (Lipinski definition) is 1. The minimum absolute atomic E-state index is 0. The molecule has 21 heavy (non-hydrogen) atoms. The average molecular weight is 429 g/mol. The molecule has 0 spiro atoms.